The van der Waals surface area contributed by atoms with Crippen molar-refractivity contribution in [3.05, 3.63) is 41.5 Å². The fraction of sp³-hybridized carbons (Fsp3) is 0.692. The van der Waals surface area contributed by atoms with E-state index in [1.807, 2.05) is 12.1 Å². The summed E-state index contributed by atoms with van der Waals surface area (Å²) in [6.07, 6.45) is 17.8. The van der Waals surface area contributed by atoms with Gasteiger partial charge in [0.05, 0.1) is 6.10 Å². The Kier molecular flexibility index (Phi) is 12.2. The van der Waals surface area contributed by atoms with Gasteiger partial charge in [-0.05, 0) is 49.1 Å². The minimum atomic E-state index is -1.64. The van der Waals surface area contributed by atoms with E-state index in [0.29, 0.717) is 17.6 Å². The number of rotatable bonds is 14. The van der Waals surface area contributed by atoms with Crippen LogP contribution in [0, 0.1) is 0 Å². The molecule has 0 aromatic heterocycles. The summed E-state index contributed by atoms with van der Waals surface area (Å²) in [5, 5.41) is 0. The summed E-state index contributed by atoms with van der Waals surface area (Å²) in [5.41, 5.74) is 1.84. The summed E-state index contributed by atoms with van der Waals surface area (Å²) in [6, 6.07) is 7.60. The molecule has 1 fully saturated rings. The van der Waals surface area contributed by atoms with Gasteiger partial charge in [-0.2, -0.15) is 8.78 Å². The molecule has 164 valence electrons. The molecule has 0 atom stereocenters. The zero-order chi connectivity index (χ0) is 20.7. The van der Waals surface area contributed by atoms with Crippen LogP contribution in [0.5, 0.6) is 0 Å². The van der Waals surface area contributed by atoms with E-state index < -0.39 is 6.08 Å². The highest BCUT2D eigenvalue weighted by Gasteiger charge is 2.22. The molecule has 1 saturated carbocycles. The summed E-state index contributed by atoms with van der Waals surface area (Å²) >= 11 is 0. The van der Waals surface area contributed by atoms with Crippen LogP contribution in [-0.2, 0) is 4.74 Å². The lowest BCUT2D eigenvalue weighted by atomic mass is 9.82. The molecule has 0 saturated heterocycles. The smallest absolute Gasteiger partial charge is 0.270 e. The highest BCUT2D eigenvalue weighted by Crippen LogP contribution is 2.34. The number of hydrogen-bond donors (Lipinski definition) is 0. The molecule has 1 aliphatic rings. The van der Waals surface area contributed by atoms with Gasteiger partial charge in [0.15, 0.2) is 0 Å². The standard InChI is InChI=1S/C26H40F2O/c1-2-3-4-5-6-7-8-9-10-11-20-29-25-18-16-24(17-19-25)23-14-12-22(13-15-23)21-26(27)28/h12-15,21,24-25H,2-11,16-20H2,1H3. The van der Waals surface area contributed by atoms with Crippen LogP contribution >= 0.6 is 0 Å². The normalized spacial score (nSPS) is 19.3. The van der Waals surface area contributed by atoms with Crippen LogP contribution in [0.1, 0.15) is 114 Å². The summed E-state index contributed by atoms with van der Waals surface area (Å²) in [7, 11) is 0. The Morgan fingerprint density at radius 1 is 0.828 bits per heavy atom. The van der Waals surface area contributed by atoms with Crippen LogP contribution in [-0.4, -0.2) is 12.7 Å². The van der Waals surface area contributed by atoms with Crippen molar-refractivity contribution in [3.63, 3.8) is 0 Å². The monoisotopic (exact) mass is 406 g/mol. The van der Waals surface area contributed by atoms with Gasteiger partial charge in [0.2, 0.25) is 0 Å². The maximum atomic E-state index is 12.3. The highest BCUT2D eigenvalue weighted by molar-refractivity contribution is 5.50. The first-order chi connectivity index (χ1) is 14.2. The van der Waals surface area contributed by atoms with Gasteiger partial charge >= 0.3 is 0 Å². The Bertz CT molecular complexity index is 555. The van der Waals surface area contributed by atoms with Crippen molar-refractivity contribution >= 4 is 6.08 Å². The number of ether oxygens (including phenoxy) is 1. The molecule has 1 aliphatic carbocycles. The van der Waals surface area contributed by atoms with Gasteiger partial charge in [-0.25, -0.2) is 0 Å². The molecule has 0 radical (unpaired) electrons. The first-order valence-electron chi connectivity index (χ1n) is 11.9. The lowest BCUT2D eigenvalue weighted by molar-refractivity contribution is 0.0226. The molecule has 0 spiro atoms. The molecule has 29 heavy (non-hydrogen) atoms. The fourth-order valence-corrected chi connectivity index (χ4v) is 4.39. The van der Waals surface area contributed by atoms with Gasteiger partial charge in [0.1, 0.15) is 0 Å². The van der Waals surface area contributed by atoms with Crippen molar-refractivity contribution in [3.8, 4) is 0 Å². The SMILES string of the molecule is CCCCCCCCCCCCOC1CCC(c2ccc(C=C(F)F)cc2)CC1. The Hall–Kier alpha value is -1.22. The summed E-state index contributed by atoms with van der Waals surface area (Å²) in [6.45, 7) is 3.17. The minimum absolute atomic E-state index is 0.410. The molecule has 3 heteroatoms. The second kappa shape index (κ2) is 14.7. The van der Waals surface area contributed by atoms with Crippen molar-refractivity contribution in [1.29, 1.82) is 0 Å². The fourth-order valence-electron chi connectivity index (χ4n) is 4.39. The van der Waals surface area contributed by atoms with E-state index in [4.69, 9.17) is 4.74 Å². The van der Waals surface area contributed by atoms with Gasteiger partial charge < -0.3 is 4.74 Å². The summed E-state index contributed by atoms with van der Waals surface area (Å²) < 4.78 is 30.8. The minimum Gasteiger partial charge on any atom is -0.378 e. The Balaban J connectivity index is 1.49. The third-order valence-corrected chi connectivity index (χ3v) is 6.21. The Morgan fingerprint density at radius 2 is 1.38 bits per heavy atom. The van der Waals surface area contributed by atoms with Crippen molar-refractivity contribution in [2.24, 2.45) is 0 Å². The Labute approximate surface area is 176 Å². The van der Waals surface area contributed by atoms with E-state index in [9.17, 15) is 8.78 Å². The molecule has 0 heterocycles. The van der Waals surface area contributed by atoms with Gasteiger partial charge in [-0.3, -0.25) is 0 Å². The van der Waals surface area contributed by atoms with Crippen LogP contribution in [0.15, 0.2) is 30.3 Å². The molecule has 1 nitrogen and oxygen atoms in total. The number of halogens is 2. The molecule has 1 aromatic carbocycles. The molecular formula is C26H40F2O. The van der Waals surface area contributed by atoms with Gasteiger partial charge in [-0.15, -0.1) is 0 Å². The number of hydrogen-bond acceptors (Lipinski definition) is 1. The zero-order valence-corrected chi connectivity index (χ0v) is 18.3. The molecular weight excluding hydrogens is 366 g/mol. The maximum Gasteiger partial charge on any atom is 0.270 e. The van der Waals surface area contributed by atoms with E-state index in [0.717, 1.165) is 38.4 Å². The van der Waals surface area contributed by atoms with Crippen molar-refractivity contribution in [2.45, 2.75) is 109 Å². The lowest BCUT2D eigenvalue weighted by Gasteiger charge is -2.29. The van der Waals surface area contributed by atoms with Gasteiger partial charge in [0.25, 0.3) is 6.08 Å². The van der Waals surface area contributed by atoms with E-state index >= 15 is 0 Å². The second-order valence-corrected chi connectivity index (χ2v) is 8.63. The molecule has 0 amide bonds. The molecule has 2 rings (SSSR count). The zero-order valence-electron chi connectivity index (χ0n) is 18.3. The van der Waals surface area contributed by atoms with Crippen LogP contribution in [0.25, 0.3) is 6.08 Å². The topological polar surface area (TPSA) is 9.23 Å². The molecule has 0 unspecified atom stereocenters. The van der Waals surface area contributed by atoms with Crippen molar-refractivity contribution in [2.75, 3.05) is 6.61 Å². The quantitative estimate of drug-likeness (QED) is 0.280. The van der Waals surface area contributed by atoms with Crippen molar-refractivity contribution in [1.82, 2.24) is 0 Å². The Morgan fingerprint density at radius 3 is 1.93 bits per heavy atom. The predicted molar refractivity (Wildman–Crippen MR) is 119 cm³/mol. The van der Waals surface area contributed by atoms with Gasteiger partial charge in [-0.1, -0.05) is 89.0 Å². The summed E-state index contributed by atoms with van der Waals surface area (Å²) in [4.78, 5) is 0. The predicted octanol–water partition coefficient (Wildman–Crippen LogP) is 8.89. The first-order valence-corrected chi connectivity index (χ1v) is 11.9. The van der Waals surface area contributed by atoms with E-state index in [1.165, 1.54) is 69.8 Å². The van der Waals surface area contributed by atoms with Crippen LogP contribution in [0.2, 0.25) is 0 Å². The second-order valence-electron chi connectivity index (χ2n) is 8.63. The number of unbranched alkanes of at least 4 members (excludes halogenated alkanes) is 9. The van der Waals surface area contributed by atoms with E-state index in [2.05, 4.69) is 6.92 Å². The van der Waals surface area contributed by atoms with E-state index in [1.54, 1.807) is 12.1 Å². The van der Waals surface area contributed by atoms with Crippen LogP contribution in [0.3, 0.4) is 0 Å². The summed E-state index contributed by atoms with van der Waals surface area (Å²) in [5.74, 6) is 0.542. The molecule has 0 aliphatic heterocycles. The highest BCUT2D eigenvalue weighted by atomic mass is 19.3. The molecule has 0 N–H and O–H groups in total. The van der Waals surface area contributed by atoms with Crippen LogP contribution < -0.4 is 0 Å². The lowest BCUT2D eigenvalue weighted by Crippen LogP contribution is -2.21. The van der Waals surface area contributed by atoms with Gasteiger partial charge in [0, 0.05) is 12.7 Å². The molecule has 1 aromatic rings. The molecule has 0 bridgehead atoms. The first kappa shape index (κ1) is 24.1. The average molecular weight is 407 g/mol. The third-order valence-electron chi connectivity index (χ3n) is 6.21. The van der Waals surface area contributed by atoms with Crippen molar-refractivity contribution < 1.29 is 13.5 Å². The number of benzene rings is 1. The largest absolute Gasteiger partial charge is 0.378 e. The third kappa shape index (κ3) is 10.4. The average Bonchev–Trinajstić information content (AvgIpc) is 2.73. The van der Waals surface area contributed by atoms with E-state index in [-0.39, 0.29) is 0 Å². The van der Waals surface area contributed by atoms with Crippen LogP contribution in [0.4, 0.5) is 8.78 Å². The maximum absolute atomic E-state index is 12.3.